The van der Waals surface area contributed by atoms with Crippen molar-refractivity contribution < 1.29 is 13.9 Å². The minimum absolute atomic E-state index is 0.228. The van der Waals surface area contributed by atoms with Gasteiger partial charge >= 0.3 is 0 Å². The fourth-order valence-electron chi connectivity index (χ4n) is 2.34. The Morgan fingerprint density at radius 1 is 1.26 bits per heavy atom. The van der Waals surface area contributed by atoms with E-state index in [2.05, 4.69) is 36.4 Å². The Labute approximate surface area is 164 Å². The van der Waals surface area contributed by atoms with Crippen LogP contribution in [0.15, 0.2) is 47.1 Å². The van der Waals surface area contributed by atoms with Crippen molar-refractivity contribution in [1.82, 2.24) is 20.5 Å². The summed E-state index contributed by atoms with van der Waals surface area (Å²) in [6, 6.07) is 9.17. The average molecular weight is 433 g/mol. The predicted molar refractivity (Wildman–Crippen MR) is 102 cm³/mol. The molecular formula is C19H18BrFN4O2. The molecule has 27 heavy (non-hydrogen) atoms. The zero-order chi connectivity index (χ0) is 19.4. The first-order chi connectivity index (χ1) is 12.9. The van der Waals surface area contributed by atoms with Crippen LogP contribution in [0.1, 0.15) is 41.5 Å². The van der Waals surface area contributed by atoms with Gasteiger partial charge in [-0.25, -0.2) is 9.37 Å². The zero-order valence-corrected chi connectivity index (χ0v) is 16.4. The topological polar surface area (TPSA) is 79.9 Å². The highest BCUT2D eigenvalue weighted by Gasteiger charge is 2.19. The van der Waals surface area contributed by atoms with Gasteiger partial charge in [-0.3, -0.25) is 9.89 Å². The summed E-state index contributed by atoms with van der Waals surface area (Å²) in [5.41, 5.74) is 2.01. The molecule has 2 N–H and O–H groups in total. The summed E-state index contributed by atoms with van der Waals surface area (Å²) in [5.74, 6) is 0.496. The van der Waals surface area contributed by atoms with Crippen LogP contribution in [-0.2, 0) is 6.54 Å². The van der Waals surface area contributed by atoms with Crippen LogP contribution in [0.2, 0.25) is 0 Å². The van der Waals surface area contributed by atoms with E-state index in [0.717, 1.165) is 11.3 Å². The summed E-state index contributed by atoms with van der Waals surface area (Å²) in [6.45, 7) is 4.33. The van der Waals surface area contributed by atoms with Crippen molar-refractivity contribution in [3.63, 3.8) is 0 Å². The highest BCUT2D eigenvalue weighted by atomic mass is 79.9. The third-order valence-corrected chi connectivity index (χ3v) is 4.61. The van der Waals surface area contributed by atoms with Gasteiger partial charge in [-0.05, 0) is 51.7 Å². The lowest BCUT2D eigenvalue weighted by Gasteiger charge is -2.07. The Balaban J connectivity index is 1.58. The normalized spacial score (nSPS) is 10.9. The second-order valence-corrected chi connectivity index (χ2v) is 6.99. The number of pyridine rings is 1. The molecular weight excluding hydrogens is 415 g/mol. The van der Waals surface area contributed by atoms with Gasteiger partial charge in [0.1, 0.15) is 11.6 Å². The predicted octanol–water partition coefficient (Wildman–Crippen LogP) is 4.55. The molecule has 0 aliphatic rings. The molecule has 0 fully saturated rings. The number of rotatable bonds is 6. The fourth-order valence-corrected chi connectivity index (χ4v) is 3.16. The lowest BCUT2D eigenvalue weighted by molar-refractivity contribution is 0.0945. The number of H-pyrrole nitrogens is 1. The quantitative estimate of drug-likeness (QED) is 0.598. The molecule has 2 aromatic heterocycles. The van der Waals surface area contributed by atoms with Crippen molar-refractivity contribution in [2.75, 3.05) is 0 Å². The number of carbonyl (C=O) groups is 1. The third-order valence-electron chi connectivity index (χ3n) is 3.81. The van der Waals surface area contributed by atoms with Gasteiger partial charge < -0.3 is 10.1 Å². The van der Waals surface area contributed by atoms with Crippen molar-refractivity contribution in [2.24, 2.45) is 0 Å². The standard InChI is InChI=1S/C19H18BrFN4O2/c1-11(2)17-16(20)18(25-24-17)19(26)23-10-12-3-8-15(22-9-12)27-14-6-4-13(21)5-7-14/h3-9,11H,10H2,1-2H3,(H,23,26)(H,24,25). The van der Waals surface area contributed by atoms with Crippen LogP contribution in [0.5, 0.6) is 11.6 Å². The Morgan fingerprint density at radius 2 is 2.00 bits per heavy atom. The molecule has 0 spiro atoms. The highest BCUT2D eigenvalue weighted by molar-refractivity contribution is 9.10. The monoisotopic (exact) mass is 432 g/mol. The molecule has 6 nitrogen and oxygen atoms in total. The maximum atomic E-state index is 12.9. The van der Waals surface area contributed by atoms with Gasteiger partial charge in [0.15, 0.2) is 5.69 Å². The highest BCUT2D eigenvalue weighted by Crippen LogP contribution is 2.25. The summed E-state index contributed by atoms with van der Waals surface area (Å²) < 4.78 is 19.1. The molecule has 1 amide bonds. The number of carbonyl (C=O) groups excluding carboxylic acids is 1. The van der Waals surface area contributed by atoms with Gasteiger partial charge in [0, 0.05) is 18.8 Å². The summed E-state index contributed by atoms with van der Waals surface area (Å²) in [4.78, 5) is 16.5. The van der Waals surface area contributed by atoms with Gasteiger partial charge in [-0.2, -0.15) is 5.10 Å². The van der Waals surface area contributed by atoms with Crippen LogP contribution in [-0.4, -0.2) is 21.1 Å². The average Bonchev–Trinajstić information content (AvgIpc) is 3.04. The lowest BCUT2D eigenvalue weighted by Crippen LogP contribution is -2.23. The first kappa shape index (κ1) is 19.0. The number of amides is 1. The first-order valence-electron chi connectivity index (χ1n) is 8.34. The molecule has 0 radical (unpaired) electrons. The Hall–Kier alpha value is -2.74. The number of benzene rings is 1. The molecule has 1 aromatic carbocycles. The minimum atomic E-state index is -0.328. The Morgan fingerprint density at radius 3 is 2.59 bits per heavy atom. The van der Waals surface area contributed by atoms with E-state index >= 15 is 0 Å². The Bertz CT molecular complexity index is 924. The van der Waals surface area contributed by atoms with Crippen LogP contribution < -0.4 is 10.1 Å². The van der Waals surface area contributed by atoms with Crippen LogP contribution in [0.4, 0.5) is 4.39 Å². The van der Waals surface area contributed by atoms with E-state index in [9.17, 15) is 9.18 Å². The molecule has 0 saturated carbocycles. The molecule has 3 rings (SSSR count). The zero-order valence-electron chi connectivity index (χ0n) is 14.8. The second kappa shape index (κ2) is 8.30. The van der Waals surface area contributed by atoms with Crippen molar-refractivity contribution in [1.29, 1.82) is 0 Å². The first-order valence-corrected chi connectivity index (χ1v) is 9.13. The summed E-state index contributed by atoms with van der Waals surface area (Å²) >= 11 is 3.42. The van der Waals surface area contributed by atoms with Crippen molar-refractivity contribution >= 4 is 21.8 Å². The second-order valence-electron chi connectivity index (χ2n) is 6.20. The number of aromatic amines is 1. The van der Waals surface area contributed by atoms with Crippen LogP contribution in [0.25, 0.3) is 0 Å². The molecule has 0 aliphatic carbocycles. The SMILES string of the molecule is CC(C)c1[nH]nc(C(=O)NCc2ccc(Oc3ccc(F)cc3)nc2)c1Br. The van der Waals surface area contributed by atoms with Crippen molar-refractivity contribution in [3.8, 4) is 11.6 Å². The van der Waals surface area contributed by atoms with Crippen LogP contribution >= 0.6 is 15.9 Å². The van der Waals surface area contributed by atoms with Gasteiger partial charge in [0.25, 0.3) is 5.91 Å². The third kappa shape index (κ3) is 4.71. The number of nitrogens with zero attached hydrogens (tertiary/aromatic N) is 2. The molecule has 0 aliphatic heterocycles. The molecule has 0 unspecified atom stereocenters. The lowest BCUT2D eigenvalue weighted by atomic mass is 10.1. The number of ether oxygens (including phenoxy) is 1. The maximum absolute atomic E-state index is 12.9. The number of nitrogens with one attached hydrogen (secondary N) is 2. The van der Waals surface area contributed by atoms with E-state index in [1.54, 1.807) is 18.3 Å². The number of hydrogen-bond acceptors (Lipinski definition) is 4. The van der Waals surface area contributed by atoms with E-state index in [4.69, 9.17) is 4.74 Å². The summed E-state index contributed by atoms with van der Waals surface area (Å²) in [7, 11) is 0. The molecule has 0 atom stereocenters. The van der Waals surface area contributed by atoms with Gasteiger partial charge in [0.05, 0.1) is 10.2 Å². The molecule has 3 aromatic rings. The van der Waals surface area contributed by atoms with E-state index in [-0.39, 0.29) is 17.6 Å². The van der Waals surface area contributed by atoms with Gasteiger partial charge in [-0.1, -0.05) is 19.9 Å². The molecule has 0 saturated heterocycles. The molecule has 140 valence electrons. The van der Waals surface area contributed by atoms with E-state index in [1.165, 1.54) is 24.3 Å². The Kier molecular flexibility index (Phi) is 5.85. The fraction of sp³-hybridized carbons (Fsp3) is 0.211. The molecule has 0 bridgehead atoms. The van der Waals surface area contributed by atoms with Crippen LogP contribution in [0, 0.1) is 5.82 Å². The molecule has 8 heteroatoms. The van der Waals surface area contributed by atoms with Gasteiger partial charge in [0.2, 0.25) is 5.88 Å². The summed E-state index contributed by atoms with van der Waals surface area (Å²) in [5, 5.41) is 9.76. The largest absolute Gasteiger partial charge is 0.439 e. The summed E-state index contributed by atoms with van der Waals surface area (Å²) in [6.07, 6.45) is 1.61. The van der Waals surface area contributed by atoms with E-state index in [1.807, 2.05) is 13.8 Å². The molecule has 2 heterocycles. The van der Waals surface area contributed by atoms with Crippen molar-refractivity contribution in [2.45, 2.75) is 26.3 Å². The number of aromatic nitrogens is 3. The number of hydrogen-bond donors (Lipinski definition) is 2. The number of halogens is 2. The maximum Gasteiger partial charge on any atom is 0.273 e. The smallest absolute Gasteiger partial charge is 0.273 e. The van der Waals surface area contributed by atoms with Gasteiger partial charge in [-0.15, -0.1) is 0 Å². The minimum Gasteiger partial charge on any atom is -0.439 e. The van der Waals surface area contributed by atoms with Crippen molar-refractivity contribution in [3.05, 3.63) is 69.8 Å². The van der Waals surface area contributed by atoms with E-state index < -0.39 is 0 Å². The van der Waals surface area contributed by atoms with E-state index in [0.29, 0.717) is 28.3 Å². The van der Waals surface area contributed by atoms with Crippen LogP contribution in [0.3, 0.4) is 0 Å².